The molecule has 0 radical (unpaired) electrons. The third kappa shape index (κ3) is 4.82. The summed E-state index contributed by atoms with van der Waals surface area (Å²) in [7, 11) is 0. The number of hydrogen-bond donors (Lipinski definition) is 0. The number of hydrogen-bond acceptors (Lipinski definition) is 1. The highest BCUT2D eigenvalue weighted by Gasteiger charge is 2.04. The molecule has 0 bridgehead atoms. The summed E-state index contributed by atoms with van der Waals surface area (Å²) in [5.74, 6) is -0.293. The molecule has 1 aromatic rings. The Balaban J connectivity index is 2.77. The lowest BCUT2D eigenvalue weighted by Gasteiger charge is -2.02. The quantitative estimate of drug-likeness (QED) is 0.734. The second-order valence-corrected chi connectivity index (χ2v) is 4.85. The molecule has 0 N–H and O–H groups in total. The van der Waals surface area contributed by atoms with Gasteiger partial charge in [-0.15, -0.1) is 0 Å². The minimum atomic E-state index is -0.322. The summed E-state index contributed by atoms with van der Waals surface area (Å²) in [5.41, 5.74) is 1.83. The molecule has 0 saturated heterocycles. The standard InChI is InChI=1S/C14H16BrFO/c1-3-10(4-2)7-14(17)8-11-5-12(15)9-13(16)6-11/h5-7,9H,3-4,8H2,1-2H3. The highest BCUT2D eigenvalue weighted by molar-refractivity contribution is 9.10. The summed E-state index contributed by atoms with van der Waals surface area (Å²) >= 11 is 3.21. The van der Waals surface area contributed by atoms with E-state index in [1.807, 2.05) is 13.8 Å². The summed E-state index contributed by atoms with van der Waals surface area (Å²) < 4.78 is 13.8. The maximum atomic E-state index is 13.1. The van der Waals surface area contributed by atoms with Crippen LogP contribution in [0.2, 0.25) is 0 Å². The van der Waals surface area contributed by atoms with Crippen LogP contribution < -0.4 is 0 Å². The first-order chi connectivity index (χ1) is 8.05. The number of carbonyl (C=O) groups excluding carboxylic acids is 1. The molecule has 0 aliphatic carbocycles. The first-order valence-electron chi connectivity index (χ1n) is 5.72. The number of benzene rings is 1. The Bertz CT molecular complexity index is 412. The van der Waals surface area contributed by atoms with Crippen LogP contribution in [0.5, 0.6) is 0 Å². The van der Waals surface area contributed by atoms with Gasteiger partial charge in [0.25, 0.3) is 0 Å². The zero-order valence-electron chi connectivity index (χ0n) is 10.1. The van der Waals surface area contributed by atoms with Gasteiger partial charge in [0.2, 0.25) is 0 Å². The van der Waals surface area contributed by atoms with E-state index in [9.17, 15) is 9.18 Å². The van der Waals surface area contributed by atoms with Crippen molar-refractivity contribution in [1.82, 2.24) is 0 Å². The first-order valence-corrected chi connectivity index (χ1v) is 6.51. The van der Waals surface area contributed by atoms with E-state index in [1.165, 1.54) is 12.1 Å². The molecule has 0 atom stereocenters. The lowest BCUT2D eigenvalue weighted by atomic mass is 10.0. The van der Waals surface area contributed by atoms with Crippen LogP contribution in [0.4, 0.5) is 4.39 Å². The average Bonchev–Trinajstić information content (AvgIpc) is 2.24. The molecular weight excluding hydrogens is 283 g/mol. The van der Waals surface area contributed by atoms with Gasteiger partial charge in [-0.3, -0.25) is 4.79 Å². The molecular formula is C14H16BrFO. The van der Waals surface area contributed by atoms with E-state index in [1.54, 1.807) is 12.1 Å². The lowest BCUT2D eigenvalue weighted by molar-refractivity contribution is -0.114. The Kier molecular flexibility index (Phi) is 5.56. The van der Waals surface area contributed by atoms with Crippen LogP contribution in [0.1, 0.15) is 32.3 Å². The SMILES string of the molecule is CCC(=CC(=O)Cc1cc(F)cc(Br)c1)CC. The zero-order valence-corrected chi connectivity index (χ0v) is 11.7. The molecule has 0 fully saturated rings. The maximum Gasteiger partial charge on any atom is 0.160 e. The van der Waals surface area contributed by atoms with Crippen molar-refractivity contribution in [2.75, 3.05) is 0 Å². The number of carbonyl (C=O) groups is 1. The Labute approximate surface area is 110 Å². The van der Waals surface area contributed by atoms with E-state index >= 15 is 0 Å². The van der Waals surface area contributed by atoms with Crippen molar-refractivity contribution in [3.8, 4) is 0 Å². The third-order valence-corrected chi connectivity index (χ3v) is 3.03. The molecule has 0 amide bonds. The summed E-state index contributed by atoms with van der Waals surface area (Å²) in [4.78, 5) is 11.7. The Morgan fingerprint density at radius 1 is 1.29 bits per heavy atom. The molecule has 0 unspecified atom stereocenters. The normalized spacial score (nSPS) is 10.1. The van der Waals surface area contributed by atoms with Crippen LogP contribution in [-0.2, 0) is 11.2 Å². The summed E-state index contributed by atoms with van der Waals surface area (Å²) in [6.45, 7) is 4.06. The van der Waals surface area contributed by atoms with Crippen LogP contribution in [0, 0.1) is 5.82 Å². The summed E-state index contributed by atoms with van der Waals surface area (Å²) in [6, 6.07) is 4.55. The van der Waals surface area contributed by atoms with Crippen molar-refractivity contribution in [3.05, 3.63) is 45.7 Å². The molecule has 0 saturated carbocycles. The molecule has 0 aliphatic rings. The minimum absolute atomic E-state index is 0.0289. The van der Waals surface area contributed by atoms with Gasteiger partial charge in [-0.05, 0) is 42.7 Å². The van der Waals surface area contributed by atoms with Crippen molar-refractivity contribution in [3.63, 3.8) is 0 Å². The molecule has 0 spiro atoms. The Morgan fingerprint density at radius 3 is 2.47 bits per heavy atom. The maximum absolute atomic E-state index is 13.1. The first kappa shape index (κ1) is 14.1. The molecule has 1 aromatic carbocycles. The van der Waals surface area contributed by atoms with Gasteiger partial charge in [0.15, 0.2) is 5.78 Å². The molecule has 0 aromatic heterocycles. The van der Waals surface area contributed by atoms with Gasteiger partial charge in [-0.1, -0.05) is 35.4 Å². The minimum Gasteiger partial charge on any atom is -0.294 e. The molecule has 3 heteroatoms. The van der Waals surface area contributed by atoms with E-state index < -0.39 is 0 Å². The van der Waals surface area contributed by atoms with Gasteiger partial charge in [-0.25, -0.2) is 4.39 Å². The average molecular weight is 299 g/mol. The van der Waals surface area contributed by atoms with Crippen molar-refractivity contribution < 1.29 is 9.18 Å². The smallest absolute Gasteiger partial charge is 0.160 e. The number of halogens is 2. The van der Waals surface area contributed by atoms with Gasteiger partial charge in [0, 0.05) is 10.9 Å². The van der Waals surface area contributed by atoms with Crippen LogP contribution in [0.3, 0.4) is 0 Å². The highest BCUT2D eigenvalue weighted by atomic mass is 79.9. The largest absolute Gasteiger partial charge is 0.294 e. The molecule has 1 nitrogen and oxygen atoms in total. The predicted octanol–water partition coefficient (Wildman–Crippen LogP) is 4.45. The van der Waals surface area contributed by atoms with Gasteiger partial charge in [-0.2, -0.15) is 0 Å². The third-order valence-electron chi connectivity index (χ3n) is 2.57. The van der Waals surface area contributed by atoms with E-state index in [-0.39, 0.29) is 18.0 Å². The van der Waals surface area contributed by atoms with E-state index in [0.29, 0.717) is 10.0 Å². The highest BCUT2D eigenvalue weighted by Crippen LogP contribution is 2.16. The number of allylic oxidation sites excluding steroid dienone is 2. The fourth-order valence-electron chi connectivity index (χ4n) is 1.65. The molecule has 0 heterocycles. The van der Waals surface area contributed by atoms with Crippen LogP contribution in [0.15, 0.2) is 34.3 Å². The molecule has 0 aliphatic heterocycles. The van der Waals surface area contributed by atoms with Crippen molar-refractivity contribution in [2.24, 2.45) is 0 Å². The molecule has 17 heavy (non-hydrogen) atoms. The van der Waals surface area contributed by atoms with E-state index in [2.05, 4.69) is 15.9 Å². The van der Waals surface area contributed by atoms with Crippen molar-refractivity contribution in [2.45, 2.75) is 33.1 Å². The topological polar surface area (TPSA) is 17.1 Å². The molecule has 92 valence electrons. The second kappa shape index (κ2) is 6.70. The van der Waals surface area contributed by atoms with Crippen molar-refractivity contribution >= 4 is 21.7 Å². The van der Waals surface area contributed by atoms with Gasteiger partial charge >= 0.3 is 0 Å². The Morgan fingerprint density at radius 2 is 1.94 bits per heavy atom. The van der Waals surface area contributed by atoms with Gasteiger partial charge < -0.3 is 0 Å². The van der Waals surface area contributed by atoms with Crippen LogP contribution >= 0.6 is 15.9 Å². The summed E-state index contributed by atoms with van der Waals surface area (Å²) in [5, 5.41) is 0. The molecule has 1 rings (SSSR count). The van der Waals surface area contributed by atoms with E-state index in [0.717, 1.165) is 18.4 Å². The van der Waals surface area contributed by atoms with E-state index in [4.69, 9.17) is 0 Å². The second-order valence-electron chi connectivity index (χ2n) is 3.93. The Hall–Kier alpha value is -0.960. The summed E-state index contributed by atoms with van der Waals surface area (Å²) in [6.07, 6.45) is 3.70. The number of ketones is 1. The number of rotatable bonds is 5. The van der Waals surface area contributed by atoms with Gasteiger partial charge in [0.05, 0.1) is 0 Å². The monoisotopic (exact) mass is 298 g/mol. The van der Waals surface area contributed by atoms with Crippen molar-refractivity contribution in [1.29, 1.82) is 0 Å². The van der Waals surface area contributed by atoms with Gasteiger partial charge in [0.1, 0.15) is 5.82 Å². The van der Waals surface area contributed by atoms with Crippen LogP contribution in [0.25, 0.3) is 0 Å². The fourth-order valence-corrected chi connectivity index (χ4v) is 2.16. The fraction of sp³-hybridized carbons (Fsp3) is 0.357. The zero-order chi connectivity index (χ0) is 12.8. The lowest BCUT2D eigenvalue weighted by Crippen LogP contribution is -2.00. The predicted molar refractivity (Wildman–Crippen MR) is 71.5 cm³/mol. The van der Waals surface area contributed by atoms with Crippen LogP contribution in [-0.4, -0.2) is 5.78 Å².